The second kappa shape index (κ2) is 39.9. The molecule has 302 valence electrons. The standard InChI is InChI=1S/C12H18N2O2.C11H16N2O.C8H12N2.6C2H6/c1-8(2)9-6-10(12(15)14(3)4)11(16-5)13-7-9;1-8(2)9-5-6-12-10(7-9)11(14)13(3)4;1-6(2)8-4-9-7(3)10-5-8;6*1-2/h6-8H,1-5H3;5-8H,1-4H3;4-6H,1-3H3;6*1-2H3. The van der Waals surface area contributed by atoms with Crippen LogP contribution < -0.4 is 4.74 Å². The SMILES string of the molecule is CC.CC.CC.CC.CC.CC.CC(C)c1ccnc(C(=O)N(C)C)c1.COc1ncc(C(C)C)cc1C(=O)N(C)C.Cc1ncc(C(C)C)cn1. The fourth-order valence-electron chi connectivity index (χ4n) is 3.19. The number of nitrogens with zero attached hydrogens (tertiary/aromatic N) is 6. The lowest BCUT2D eigenvalue weighted by atomic mass is 10.0. The summed E-state index contributed by atoms with van der Waals surface area (Å²) in [6.07, 6.45) is 7.20. The van der Waals surface area contributed by atoms with E-state index in [1.54, 1.807) is 40.6 Å². The van der Waals surface area contributed by atoms with Gasteiger partial charge in [0.15, 0.2) is 0 Å². The summed E-state index contributed by atoms with van der Waals surface area (Å²) in [6.45, 7) is 38.5. The number of rotatable bonds is 6. The molecular weight excluding hydrogens is 649 g/mol. The summed E-state index contributed by atoms with van der Waals surface area (Å²) in [4.78, 5) is 42.9. The van der Waals surface area contributed by atoms with E-state index in [2.05, 4.69) is 61.5 Å². The molecule has 3 aromatic rings. The zero-order chi connectivity index (χ0) is 42.6. The van der Waals surface area contributed by atoms with E-state index in [1.807, 2.05) is 121 Å². The van der Waals surface area contributed by atoms with Crippen LogP contribution in [0.4, 0.5) is 0 Å². The number of methoxy groups -OCH3 is 1. The van der Waals surface area contributed by atoms with E-state index in [0.29, 0.717) is 34.9 Å². The topological polar surface area (TPSA) is 101 Å². The minimum absolute atomic E-state index is 0.0486. The number of aromatic nitrogens is 4. The Balaban J connectivity index is -0.000000135. The van der Waals surface area contributed by atoms with Crippen molar-refractivity contribution in [1.29, 1.82) is 0 Å². The third kappa shape index (κ3) is 26.9. The molecule has 0 radical (unpaired) electrons. The zero-order valence-electron chi connectivity index (χ0n) is 38.2. The molecule has 52 heavy (non-hydrogen) atoms. The number of carbonyl (C=O) groups excluding carboxylic acids is 2. The highest BCUT2D eigenvalue weighted by atomic mass is 16.5. The van der Waals surface area contributed by atoms with E-state index >= 15 is 0 Å². The Morgan fingerprint density at radius 3 is 1.29 bits per heavy atom. The molecule has 0 atom stereocenters. The third-order valence-electron chi connectivity index (χ3n) is 5.91. The van der Waals surface area contributed by atoms with Crippen molar-refractivity contribution in [2.24, 2.45) is 0 Å². The monoisotopic (exact) mass is 731 g/mol. The van der Waals surface area contributed by atoms with E-state index in [9.17, 15) is 9.59 Å². The number of pyridine rings is 2. The van der Waals surface area contributed by atoms with Crippen molar-refractivity contribution in [1.82, 2.24) is 29.7 Å². The summed E-state index contributed by atoms with van der Waals surface area (Å²) >= 11 is 0. The van der Waals surface area contributed by atoms with Crippen molar-refractivity contribution in [3.63, 3.8) is 0 Å². The third-order valence-corrected chi connectivity index (χ3v) is 5.91. The maximum absolute atomic E-state index is 11.9. The first-order valence-electron chi connectivity index (χ1n) is 19.4. The van der Waals surface area contributed by atoms with Crippen molar-refractivity contribution in [3.05, 3.63) is 76.8 Å². The van der Waals surface area contributed by atoms with Crippen molar-refractivity contribution < 1.29 is 14.3 Å². The molecular formula is C43H82N6O3. The first-order chi connectivity index (χ1) is 24.7. The average Bonchev–Trinajstić information content (AvgIpc) is 3.19. The van der Waals surface area contributed by atoms with E-state index in [0.717, 1.165) is 17.0 Å². The fourth-order valence-corrected chi connectivity index (χ4v) is 3.19. The van der Waals surface area contributed by atoms with E-state index in [4.69, 9.17) is 4.74 Å². The highest BCUT2D eigenvalue weighted by Crippen LogP contribution is 2.22. The molecule has 0 fully saturated rings. The maximum atomic E-state index is 11.9. The second-order valence-electron chi connectivity index (χ2n) is 10.7. The van der Waals surface area contributed by atoms with E-state index < -0.39 is 0 Å². The molecule has 0 aromatic carbocycles. The van der Waals surface area contributed by atoms with Gasteiger partial charge in [-0.15, -0.1) is 0 Å². The predicted molar refractivity (Wildman–Crippen MR) is 228 cm³/mol. The van der Waals surface area contributed by atoms with Gasteiger partial charge in [0.1, 0.15) is 17.1 Å². The lowest BCUT2D eigenvalue weighted by Crippen LogP contribution is -2.22. The minimum atomic E-state index is -0.0909. The largest absolute Gasteiger partial charge is 0.480 e. The van der Waals surface area contributed by atoms with Gasteiger partial charge in [-0.1, -0.05) is 125 Å². The number of hydrogen-bond acceptors (Lipinski definition) is 7. The summed E-state index contributed by atoms with van der Waals surface area (Å²) in [5.74, 6) is 2.37. The molecule has 0 unspecified atom stereocenters. The van der Waals surface area contributed by atoms with Crippen LogP contribution in [0.15, 0.2) is 43.0 Å². The van der Waals surface area contributed by atoms with Crippen LogP contribution in [-0.2, 0) is 0 Å². The number of amides is 2. The van der Waals surface area contributed by atoms with Crippen LogP contribution in [0.2, 0.25) is 0 Å². The van der Waals surface area contributed by atoms with Gasteiger partial charge in [0.05, 0.1) is 7.11 Å². The Hall–Kier alpha value is -3.88. The van der Waals surface area contributed by atoms with Crippen molar-refractivity contribution in [3.8, 4) is 5.88 Å². The van der Waals surface area contributed by atoms with Crippen LogP contribution in [0.3, 0.4) is 0 Å². The van der Waals surface area contributed by atoms with Crippen LogP contribution >= 0.6 is 0 Å². The Morgan fingerprint density at radius 2 is 0.942 bits per heavy atom. The fraction of sp³-hybridized carbons (Fsp3) is 0.628. The number of aryl methyl sites for hydroxylation is 1. The van der Waals surface area contributed by atoms with Crippen LogP contribution in [0, 0.1) is 6.92 Å². The highest BCUT2D eigenvalue weighted by Gasteiger charge is 2.17. The number of hydrogen-bond donors (Lipinski definition) is 0. The molecule has 0 aliphatic rings. The van der Waals surface area contributed by atoms with Crippen LogP contribution in [0.25, 0.3) is 0 Å². The van der Waals surface area contributed by atoms with Gasteiger partial charge in [-0.2, -0.15) is 0 Å². The summed E-state index contributed by atoms with van der Waals surface area (Å²) < 4.78 is 5.09. The molecule has 9 nitrogen and oxygen atoms in total. The predicted octanol–water partition coefficient (Wildman–Crippen LogP) is 11.9. The van der Waals surface area contributed by atoms with Crippen LogP contribution in [-0.4, -0.2) is 76.9 Å². The average molecular weight is 731 g/mol. The lowest BCUT2D eigenvalue weighted by Gasteiger charge is -2.14. The van der Waals surface area contributed by atoms with Gasteiger partial charge in [0.2, 0.25) is 5.88 Å². The van der Waals surface area contributed by atoms with Gasteiger partial charge < -0.3 is 14.5 Å². The summed E-state index contributed by atoms with van der Waals surface area (Å²) in [5.41, 5.74) is 4.40. The smallest absolute Gasteiger partial charge is 0.271 e. The Kier molecular flexibility index (Phi) is 46.2. The quantitative estimate of drug-likeness (QED) is 0.249. The van der Waals surface area contributed by atoms with Gasteiger partial charge in [0.25, 0.3) is 11.8 Å². The molecule has 0 N–H and O–H groups in total. The van der Waals surface area contributed by atoms with E-state index in [-0.39, 0.29) is 11.8 Å². The minimum Gasteiger partial charge on any atom is -0.480 e. The zero-order valence-corrected chi connectivity index (χ0v) is 38.2. The van der Waals surface area contributed by atoms with Crippen LogP contribution in [0.1, 0.15) is 186 Å². The Labute approximate surface area is 322 Å². The first kappa shape index (κ1) is 60.2. The first-order valence-corrected chi connectivity index (χ1v) is 19.4. The van der Waals surface area contributed by atoms with Crippen LogP contribution in [0.5, 0.6) is 5.88 Å². The molecule has 0 saturated heterocycles. The Bertz CT molecular complexity index is 1230. The van der Waals surface area contributed by atoms with Gasteiger partial charge in [-0.25, -0.2) is 15.0 Å². The lowest BCUT2D eigenvalue weighted by molar-refractivity contribution is 0.0815. The van der Waals surface area contributed by atoms with Crippen molar-refractivity contribution in [2.45, 2.75) is 149 Å². The van der Waals surface area contributed by atoms with Crippen molar-refractivity contribution >= 4 is 11.8 Å². The van der Waals surface area contributed by atoms with Gasteiger partial charge in [0, 0.05) is 53.0 Å². The summed E-state index contributed by atoms with van der Waals surface area (Å²) in [7, 11) is 8.40. The molecule has 9 heteroatoms. The molecule has 0 saturated carbocycles. The van der Waals surface area contributed by atoms with Gasteiger partial charge in [-0.3, -0.25) is 14.6 Å². The van der Waals surface area contributed by atoms with Gasteiger partial charge in [-0.05, 0) is 59.6 Å². The van der Waals surface area contributed by atoms with Gasteiger partial charge >= 0.3 is 0 Å². The molecule has 2 amide bonds. The highest BCUT2D eigenvalue weighted by molar-refractivity contribution is 5.96. The second-order valence-corrected chi connectivity index (χ2v) is 10.7. The molecule has 3 aromatic heterocycles. The molecule has 3 heterocycles. The molecule has 3 rings (SSSR count). The molecule has 0 bridgehead atoms. The molecule has 0 spiro atoms. The number of ether oxygens (including phenoxy) is 1. The summed E-state index contributed by atoms with van der Waals surface area (Å²) in [5, 5.41) is 0. The maximum Gasteiger partial charge on any atom is 0.271 e. The van der Waals surface area contributed by atoms with E-state index in [1.165, 1.54) is 22.5 Å². The normalized spacial score (nSPS) is 8.67. The molecule has 0 aliphatic heterocycles. The number of carbonyl (C=O) groups is 2. The summed E-state index contributed by atoms with van der Waals surface area (Å²) in [6, 6.07) is 5.64. The molecule has 0 aliphatic carbocycles. The Morgan fingerprint density at radius 1 is 0.558 bits per heavy atom. The van der Waals surface area contributed by atoms with Crippen molar-refractivity contribution in [2.75, 3.05) is 35.3 Å².